The molecule has 1 aromatic rings. The lowest BCUT2D eigenvalue weighted by atomic mass is 10.1. The molecule has 0 aliphatic heterocycles. The summed E-state index contributed by atoms with van der Waals surface area (Å²) < 4.78 is 0. The van der Waals surface area contributed by atoms with E-state index in [-0.39, 0.29) is 19.0 Å². The van der Waals surface area contributed by atoms with E-state index >= 15 is 0 Å². The maximum absolute atomic E-state index is 10.3. The van der Waals surface area contributed by atoms with Gasteiger partial charge in [0.05, 0.1) is 13.2 Å². The maximum atomic E-state index is 10.3. The van der Waals surface area contributed by atoms with Crippen LogP contribution in [0.4, 0.5) is 5.69 Å². The first-order chi connectivity index (χ1) is 9.47. The lowest BCUT2D eigenvalue weighted by molar-refractivity contribution is 0.213. The zero-order valence-electron chi connectivity index (χ0n) is 12.2. The van der Waals surface area contributed by atoms with Gasteiger partial charge in [0.15, 0.2) is 0 Å². The molecule has 0 saturated heterocycles. The summed E-state index contributed by atoms with van der Waals surface area (Å²) >= 11 is 0. The van der Waals surface area contributed by atoms with Gasteiger partial charge >= 0.3 is 0 Å². The summed E-state index contributed by atoms with van der Waals surface area (Å²) in [4.78, 5) is 3.82. The van der Waals surface area contributed by atoms with Crippen LogP contribution in [0.25, 0.3) is 0 Å². The van der Waals surface area contributed by atoms with Crippen molar-refractivity contribution in [3.63, 3.8) is 0 Å². The van der Waals surface area contributed by atoms with Crippen LogP contribution in [-0.4, -0.2) is 65.5 Å². The summed E-state index contributed by atoms with van der Waals surface area (Å²) in [6.45, 7) is 2.27. The van der Waals surface area contributed by atoms with Gasteiger partial charge in [-0.25, -0.2) is 0 Å². The minimum Gasteiger partial charge on any atom is -0.507 e. The van der Waals surface area contributed by atoms with Crippen LogP contribution in [0.5, 0.6) is 5.75 Å². The molecular formula is C14H25N3O3. The number of likely N-dealkylation sites (N-methyl/N-ethyl adjacent to an activating group) is 2. The fourth-order valence-electron chi connectivity index (χ4n) is 2.11. The highest BCUT2D eigenvalue weighted by atomic mass is 16.3. The number of benzene rings is 1. The SMILES string of the molecule is CN(CCO)Cc1cc(N)cc(CN(C)CCO)c1O. The number of nitrogens with zero attached hydrogens (tertiary/aromatic N) is 2. The lowest BCUT2D eigenvalue weighted by Gasteiger charge is -2.20. The van der Waals surface area contributed by atoms with Crippen molar-refractivity contribution >= 4 is 5.69 Å². The number of aliphatic hydroxyl groups excluding tert-OH is 2. The molecule has 0 saturated carbocycles. The molecule has 6 heteroatoms. The third-order valence-corrected chi connectivity index (χ3v) is 3.13. The fourth-order valence-corrected chi connectivity index (χ4v) is 2.11. The number of rotatable bonds is 8. The van der Waals surface area contributed by atoms with Gasteiger partial charge in [-0.1, -0.05) is 0 Å². The third-order valence-electron chi connectivity index (χ3n) is 3.13. The van der Waals surface area contributed by atoms with Crippen LogP contribution in [0, 0.1) is 0 Å². The van der Waals surface area contributed by atoms with Gasteiger partial charge in [0.25, 0.3) is 0 Å². The molecule has 0 aromatic heterocycles. The van der Waals surface area contributed by atoms with E-state index in [4.69, 9.17) is 15.9 Å². The number of phenolic OH excluding ortho intramolecular Hbond substituents is 1. The molecule has 0 unspecified atom stereocenters. The molecule has 114 valence electrons. The summed E-state index contributed by atoms with van der Waals surface area (Å²) in [6.07, 6.45) is 0. The van der Waals surface area contributed by atoms with Gasteiger partial charge < -0.3 is 21.1 Å². The summed E-state index contributed by atoms with van der Waals surface area (Å²) in [5.74, 6) is 0.230. The first kappa shape index (κ1) is 16.7. The zero-order chi connectivity index (χ0) is 15.1. The summed E-state index contributed by atoms with van der Waals surface area (Å²) in [5.41, 5.74) is 7.97. The zero-order valence-corrected chi connectivity index (χ0v) is 12.2. The molecule has 0 bridgehead atoms. The van der Waals surface area contributed by atoms with Crippen molar-refractivity contribution in [2.45, 2.75) is 13.1 Å². The molecule has 1 aromatic carbocycles. The molecule has 0 spiro atoms. The quantitative estimate of drug-likeness (QED) is 0.391. The van der Waals surface area contributed by atoms with E-state index in [1.54, 1.807) is 12.1 Å². The second kappa shape index (κ2) is 8.06. The number of aromatic hydroxyl groups is 1. The minimum absolute atomic E-state index is 0.0751. The van der Waals surface area contributed by atoms with Crippen LogP contribution in [0.1, 0.15) is 11.1 Å². The van der Waals surface area contributed by atoms with Gasteiger partial charge in [0.2, 0.25) is 0 Å². The number of nitrogen functional groups attached to an aromatic ring is 1. The molecule has 1 rings (SSSR count). The van der Waals surface area contributed by atoms with E-state index in [2.05, 4.69) is 0 Å². The second-order valence-corrected chi connectivity index (χ2v) is 5.11. The molecule has 0 heterocycles. The van der Waals surface area contributed by atoms with Crippen molar-refractivity contribution in [3.8, 4) is 5.75 Å². The lowest BCUT2D eigenvalue weighted by Crippen LogP contribution is -2.23. The highest BCUT2D eigenvalue weighted by Crippen LogP contribution is 2.27. The predicted octanol–water partition coefficient (Wildman–Crippen LogP) is -0.177. The van der Waals surface area contributed by atoms with Crippen LogP contribution >= 0.6 is 0 Å². The molecule has 0 aliphatic rings. The number of aliphatic hydroxyl groups is 2. The van der Waals surface area contributed by atoms with E-state index in [1.165, 1.54) is 0 Å². The maximum Gasteiger partial charge on any atom is 0.124 e. The average molecular weight is 283 g/mol. The van der Waals surface area contributed by atoms with Crippen LogP contribution in [0.15, 0.2) is 12.1 Å². The number of hydrogen-bond acceptors (Lipinski definition) is 6. The van der Waals surface area contributed by atoms with Crippen molar-refractivity contribution in [3.05, 3.63) is 23.3 Å². The Hall–Kier alpha value is -1.34. The number of phenols is 1. The second-order valence-electron chi connectivity index (χ2n) is 5.11. The summed E-state index contributed by atoms with van der Waals surface area (Å²) in [6, 6.07) is 3.50. The molecule has 0 aliphatic carbocycles. The normalized spacial score (nSPS) is 11.5. The van der Waals surface area contributed by atoms with Gasteiger partial charge in [0.1, 0.15) is 5.75 Å². The number of nitrogens with two attached hydrogens (primary N) is 1. The van der Waals surface area contributed by atoms with Crippen molar-refractivity contribution < 1.29 is 15.3 Å². The Labute approximate surface area is 120 Å². The standard InChI is InChI=1S/C14H25N3O3/c1-16(3-5-18)9-11-7-13(15)8-12(14(11)20)10-17(2)4-6-19/h7-8,18-20H,3-6,9-10,15H2,1-2H3. The summed E-state index contributed by atoms with van der Waals surface area (Å²) in [5, 5.41) is 28.1. The summed E-state index contributed by atoms with van der Waals surface area (Å²) in [7, 11) is 3.74. The van der Waals surface area contributed by atoms with Gasteiger partial charge in [-0.15, -0.1) is 0 Å². The fraction of sp³-hybridized carbons (Fsp3) is 0.571. The predicted molar refractivity (Wildman–Crippen MR) is 79.4 cm³/mol. The molecule has 0 amide bonds. The van der Waals surface area contributed by atoms with Gasteiger partial charge in [-0.3, -0.25) is 9.80 Å². The Bertz CT molecular complexity index is 391. The number of hydrogen-bond donors (Lipinski definition) is 4. The van der Waals surface area contributed by atoms with Gasteiger partial charge in [-0.05, 0) is 26.2 Å². The van der Waals surface area contributed by atoms with Gasteiger partial charge in [0, 0.05) is 43.0 Å². The third kappa shape index (κ3) is 4.97. The Kier molecular flexibility index (Phi) is 6.74. The van der Waals surface area contributed by atoms with Crippen LogP contribution in [0.3, 0.4) is 0 Å². The van der Waals surface area contributed by atoms with Gasteiger partial charge in [-0.2, -0.15) is 0 Å². The molecule has 5 N–H and O–H groups in total. The Balaban J connectivity index is 2.88. The number of anilines is 1. The first-order valence-corrected chi connectivity index (χ1v) is 6.67. The van der Waals surface area contributed by atoms with E-state index in [1.807, 2.05) is 23.9 Å². The molecule has 6 nitrogen and oxygen atoms in total. The first-order valence-electron chi connectivity index (χ1n) is 6.67. The molecule has 0 fully saturated rings. The van der Waals surface area contributed by atoms with E-state index in [9.17, 15) is 5.11 Å². The minimum atomic E-state index is 0.0751. The van der Waals surface area contributed by atoms with Crippen molar-refractivity contribution in [1.82, 2.24) is 9.80 Å². The van der Waals surface area contributed by atoms with E-state index in [0.29, 0.717) is 31.9 Å². The van der Waals surface area contributed by atoms with Crippen LogP contribution in [0.2, 0.25) is 0 Å². The highest BCUT2D eigenvalue weighted by molar-refractivity contribution is 5.52. The molecule has 0 atom stereocenters. The Morgan fingerprint density at radius 1 is 0.950 bits per heavy atom. The largest absolute Gasteiger partial charge is 0.507 e. The van der Waals surface area contributed by atoms with Crippen LogP contribution in [-0.2, 0) is 13.1 Å². The monoisotopic (exact) mass is 283 g/mol. The highest BCUT2D eigenvalue weighted by Gasteiger charge is 2.12. The molecule has 20 heavy (non-hydrogen) atoms. The topological polar surface area (TPSA) is 93.2 Å². The average Bonchev–Trinajstić information content (AvgIpc) is 2.35. The van der Waals surface area contributed by atoms with E-state index in [0.717, 1.165) is 11.1 Å². The van der Waals surface area contributed by atoms with Crippen LogP contribution < -0.4 is 5.73 Å². The van der Waals surface area contributed by atoms with E-state index < -0.39 is 0 Å². The van der Waals surface area contributed by atoms with Crippen molar-refractivity contribution in [2.24, 2.45) is 0 Å². The Morgan fingerprint density at radius 3 is 1.70 bits per heavy atom. The van der Waals surface area contributed by atoms with Crippen molar-refractivity contribution in [1.29, 1.82) is 0 Å². The van der Waals surface area contributed by atoms with Crippen molar-refractivity contribution in [2.75, 3.05) is 46.1 Å². The smallest absolute Gasteiger partial charge is 0.124 e. The molecular weight excluding hydrogens is 258 g/mol. The molecule has 0 radical (unpaired) electrons. The Morgan fingerprint density at radius 2 is 1.35 bits per heavy atom.